The minimum atomic E-state index is -4.56. The summed E-state index contributed by atoms with van der Waals surface area (Å²) in [5.41, 5.74) is -0.461. The molecule has 1 aromatic carbocycles. The van der Waals surface area contributed by atoms with Crippen molar-refractivity contribution in [2.24, 2.45) is 5.92 Å². The quantitative estimate of drug-likeness (QED) is 0.776. The van der Waals surface area contributed by atoms with Crippen molar-refractivity contribution in [1.29, 1.82) is 0 Å². The lowest BCUT2D eigenvalue weighted by molar-refractivity contribution is -0.137. The van der Waals surface area contributed by atoms with Gasteiger partial charge >= 0.3 is 6.18 Å². The molecule has 1 N–H and O–H groups in total. The van der Waals surface area contributed by atoms with Crippen LogP contribution in [0.4, 0.5) is 30.4 Å². The van der Waals surface area contributed by atoms with Crippen LogP contribution >= 0.6 is 0 Å². The Labute approximate surface area is 185 Å². The highest BCUT2D eigenvalue weighted by molar-refractivity contribution is 5.93. The van der Waals surface area contributed by atoms with E-state index in [1.165, 1.54) is 6.07 Å². The second-order valence-corrected chi connectivity index (χ2v) is 8.33. The smallest absolute Gasteiger partial charge is 0.369 e. The number of nitrogens with one attached hydrogen (secondary N) is 1. The number of hydrogen-bond donors (Lipinski definition) is 1. The largest absolute Gasteiger partial charge is 0.418 e. The molecule has 0 unspecified atom stereocenters. The second-order valence-electron chi connectivity index (χ2n) is 8.33. The van der Waals surface area contributed by atoms with Crippen molar-refractivity contribution in [2.75, 3.05) is 61.4 Å². The molecular weight excluding hydrogens is 421 g/mol. The summed E-state index contributed by atoms with van der Waals surface area (Å²) in [6.07, 6.45) is 1.40. The van der Waals surface area contributed by atoms with Crippen LogP contribution in [0.1, 0.15) is 18.4 Å². The van der Waals surface area contributed by atoms with Crippen molar-refractivity contribution >= 4 is 23.1 Å². The summed E-state index contributed by atoms with van der Waals surface area (Å²) in [5, 5.41) is 2.55. The molecular formula is C22H27F3N6O. The number of likely N-dealkylation sites (N-methyl/N-ethyl adjacent to an activating group) is 1. The number of amides is 1. The first-order valence-corrected chi connectivity index (χ1v) is 10.8. The van der Waals surface area contributed by atoms with Gasteiger partial charge in [-0.3, -0.25) is 9.78 Å². The van der Waals surface area contributed by atoms with E-state index in [1.54, 1.807) is 24.7 Å². The number of piperazine rings is 1. The van der Waals surface area contributed by atoms with Gasteiger partial charge in [0, 0.05) is 63.3 Å². The molecule has 32 heavy (non-hydrogen) atoms. The van der Waals surface area contributed by atoms with E-state index < -0.39 is 11.7 Å². The fourth-order valence-electron chi connectivity index (χ4n) is 4.20. The van der Waals surface area contributed by atoms with Gasteiger partial charge in [0.2, 0.25) is 5.91 Å². The minimum Gasteiger partial charge on any atom is -0.369 e. The second kappa shape index (κ2) is 9.32. The van der Waals surface area contributed by atoms with Crippen LogP contribution in [0.15, 0.2) is 36.8 Å². The van der Waals surface area contributed by atoms with Crippen molar-refractivity contribution in [3.63, 3.8) is 0 Å². The number of rotatable bonds is 4. The van der Waals surface area contributed by atoms with Gasteiger partial charge in [-0.1, -0.05) is 0 Å². The number of hydrogen-bond acceptors (Lipinski definition) is 6. The fraction of sp³-hybridized carbons (Fsp3) is 0.500. The first kappa shape index (κ1) is 22.3. The molecule has 0 aliphatic carbocycles. The lowest BCUT2D eigenvalue weighted by Crippen LogP contribution is -2.44. The molecule has 0 spiro atoms. The molecule has 10 heteroatoms. The van der Waals surface area contributed by atoms with Gasteiger partial charge in [-0.2, -0.15) is 13.2 Å². The SMILES string of the molecule is CN1CCN(c2ccc(NC(=O)C3CCN(c4cnccn4)CC3)c(C(F)(F)F)c2)CC1. The summed E-state index contributed by atoms with van der Waals surface area (Å²) < 4.78 is 41.4. The molecule has 2 aliphatic heterocycles. The molecule has 1 aromatic heterocycles. The fourth-order valence-corrected chi connectivity index (χ4v) is 4.20. The van der Waals surface area contributed by atoms with E-state index >= 15 is 0 Å². The maximum Gasteiger partial charge on any atom is 0.418 e. The van der Waals surface area contributed by atoms with Crippen LogP contribution in [0.2, 0.25) is 0 Å². The van der Waals surface area contributed by atoms with E-state index in [1.807, 2.05) is 16.8 Å². The number of benzene rings is 1. The third-order valence-electron chi connectivity index (χ3n) is 6.17. The molecule has 0 bridgehead atoms. The number of alkyl halides is 3. The van der Waals surface area contributed by atoms with Crippen molar-refractivity contribution in [1.82, 2.24) is 14.9 Å². The maximum atomic E-state index is 13.8. The molecule has 4 rings (SSSR count). The summed E-state index contributed by atoms with van der Waals surface area (Å²) in [7, 11) is 1.99. The summed E-state index contributed by atoms with van der Waals surface area (Å²) in [4.78, 5) is 27.2. The van der Waals surface area contributed by atoms with Crippen LogP contribution < -0.4 is 15.1 Å². The first-order chi connectivity index (χ1) is 15.3. The first-order valence-electron chi connectivity index (χ1n) is 10.8. The third kappa shape index (κ3) is 5.12. The normalized spacial score (nSPS) is 18.6. The van der Waals surface area contributed by atoms with Crippen molar-refractivity contribution in [3.05, 3.63) is 42.4 Å². The summed E-state index contributed by atoms with van der Waals surface area (Å²) in [5.74, 6) is 0.0215. The standard InChI is InChI=1S/C22H27F3N6O/c1-29-10-12-30(13-11-29)17-2-3-19(18(14-17)22(23,24)25)28-21(32)16-4-8-31(9-5-16)20-15-26-6-7-27-20/h2-3,6-7,14-16H,4-5,8-13H2,1H3,(H,28,32). The Kier molecular flexibility index (Phi) is 6.50. The Morgan fingerprint density at radius 2 is 1.75 bits per heavy atom. The van der Waals surface area contributed by atoms with Gasteiger partial charge < -0.3 is 20.0 Å². The molecule has 0 atom stereocenters. The number of piperidine rings is 1. The van der Waals surface area contributed by atoms with Gasteiger partial charge in [0.1, 0.15) is 5.82 Å². The van der Waals surface area contributed by atoms with Crippen molar-refractivity contribution in [2.45, 2.75) is 19.0 Å². The van der Waals surface area contributed by atoms with E-state index in [4.69, 9.17) is 0 Å². The van der Waals surface area contributed by atoms with E-state index in [9.17, 15) is 18.0 Å². The molecule has 2 fully saturated rings. The highest BCUT2D eigenvalue weighted by Crippen LogP contribution is 2.38. The molecule has 2 saturated heterocycles. The van der Waals surface area contributed by atoms with Crippen LogP contribution in [0, 0.1) is 5.92 Å². The Morgan fingerprint density at radius 1 is 1.03 bits per heavy atom. The van der Waals surface area contributed by atoms with Gasteiger partial charge in [-0.05, 0) is 38.1 Å². The average molecular weight is 448 g/mol. The topological polar surface area (TPSA) is 64.6 Å². The third-order valence-corrected chi connectivity index (χ3v) is 6.17. The number of carbonyl (C=O) groups is 1. The van der Waals surface area contributed by atoms with E-state index in [0.29, 0.717) is 44.7 Å². The zero-order valence-electron chi connectivity index (χ0n) is 18.0. The van der Waals surface area contributed by atoms with Gasteiger partial charge in [0.05, 0.1) is 17.4 Å². The molecule has 2 aliphatic rings. The zero-order valence-corrected chi connectivity index (χ0v) is 18.0. The molecule has 7 nitrogen and oxygen atoms in total. The van der Waals surface area contributed by atoms with Gasteiger partial charge in [-0.25, -0.2) is 4.98 Å². The van der Waals surface area contributed by atoms with Crippen molar-refractivity contribution in [3.8, 4) is 0 Å². The van der Waals surface area contributed by atoms with Gasteiger partial charge in [0.25, 0.3) is 0 Å². The Balaban J connectivity index is 1.43. The Hall–Kier alpha value is -2.88. The van der Waals surface area contributed by atoms with Gasteiger partial charge in [-0.15, -0.1) is 0 Å². The van der Waals surface area contributed by atoms with Crippen LogP contribution in [0.25, 0.3) is 0 Å². The summed E-state index contributed by atoms with van der Waals surface area (Å²) in [6.45, 7) is 4.14. The molecule has 2 aromatic rings. The average Bonchev–Trinajstić information content (AvgIpc) is 2.80. The van der Waals surface area contributed by atoms with E-state index in [-0.39, 0.29) is 17.5 Å². The maximum absolute atomic E-state index is 13.8. The van der Waals surface area contributed by atoms with Crippen LogP contribution in [-0.4, -0.2) is 67.1 Å². The van der Waals surface area contributed by atoms with Crippen LogP contribution in [0.3, 0.4) is 0 Å². The van der Waals surface area contributed by atoms with E-state index in [0.717, 1.165) is 25.0 Å². The number of nitrogens with zero attached hydrogens (tertiary/aromatic N) is 5. The van der Waals surface area contributed by atoms with Gasteiger partial charge in [0.15, 0.2) is 0 Å². The van der Waals surface area contributed by atoms with Crippen LogP contribution in [0.5, 0.6) is 0 Å². The lowest BCUT2D eigenvalue weighted by Gasteiger charge is -2.34. The number of halogens is 3. The van der Waals surface area contributed by atoms with E-state index in [2.05, 4.69) is 20.2 Å². The molecule has 0 radical (unpaired) electrons. The lowest BCUT2D eigenvalue weighted by atomic mass is 9.95. The highest BCUT2D eigenvalue weighted by atomic mass is 19.4. The number of aromatic nitrogens is 2. The highest BCUT2D eigenvalue weighted by Gasteiger charge is 2.36. The monoisotopic (exact) mass is 448 g/mol. The van der Waals surface area contributed by atoms with Crippen LogP contribution in [-0.2, 0) is 11.0 Å². The zero-order chi connectivity index (χ0) is 22.7. The Bertz CT molecular complexity index is 923. The molecule has 0 saturated carbocycles. The predicted octanol–water partition coefficient (Wildman–Crippen LogP) is 3.10. The minimum absolute atomic E-state index is 0.184. The number of anilines is 3. The molecule has 1 amide bonds. The summed E-state index contributed by atoms with van der Waals surface area (Å²) in [6, 6.07) is 4.19. The molecule has 3 heterocycles. The molecule has 172 valence electrons. The summed E-state index contributed by atoms with van der Waals surface area (Å²) >= 11 is 0. The van der Waals surface area contributed by atoms with Crippen molar-refractivity contribution < 1.29 is 18.0 Å². The Morgan fingerprint density at radius 3 is 2.38 bits per heavy atom. The number of carbonyl (C=O) groups excluding carboxylic acids is 1. The predicted molar refractivity (Wildman–Crippen MR) is 117 cm³/mol.